The van der Waals surface area contributed by atoms with E-state index in [4.69, 9.17) is 11.6 Å². The Morgan fingerprint density at radius 2 is 2.23 bits per heavy atom. The zero-order valence-electron chi connectivity index (χ0n) is 12.4. The molecule has 122 valence electrons. The van der Waals surface area contributed by atoms with Crippen LogP contribution in [0.25, 0.3) is 0 Å². The van der Waals surface area contributed by atoms with Gasteiger partial charge in [-0.15, -0.1) is 12.4 Å². The average Bonchev–Trinajstić information content (AvgIpc) is 2.98. The van der Waals surface area contributed by atoms with E-state index in [0.29, 0.717) is 18.0 Å². The fourth-order valence-corrected chi connectivity index (χ4v) is 2.65. The van der Waals surface area contributed by atoms with Crippen molar-refractivity contribution >= 4 is 41.6 Å². The van der Waals surface area contributed by atoms with Crippen molar-refractivity contribution in [2.24, 2.45) is 5.92 Å². The molecule has 0 aliphatic carbocycles. The number of nitrogens with one attached hydrogen (secondary N) is 2. The second-order valence-electron chi connectivity index (χ2n) is 5.13. The Morgan fingerprint density at radius 1 is 1.45 bits per heavy atom. The van der Waals surface area contributed by atoms with Crippen LogP contribution in [0.15, 0.2) is 18.2 Å². The van der Waals surface area contributed by atoms with Crippen LogP contribution < -0.4 is 10.6 Å². The van der Waals surface area contributed by atoms with Gasteiger partial charge < -0.3 is 15.4 Å². The molecule has 0 spiro atoms. The topological polar surface area (TPSA) is 67.4 Å². The second kappa shape index (κ2) is 8.98. The van der Waals surface area contributed by atoms with E-state index in [1.54, 1.807) is 18.2 Å². The Labute approximate surface area is 141 Å². The normalized spacial score (nSPS) is 16.7. The number of amides is 1. The molecule has 1 saturated heterocycles. The highest BCUT2D eigenvalue weighted by molar-refractivity contribution is 6.33. The average molecular weight is 347 g/mol. The summed E-state index contributed by atoms with van der Waals surface area (Å²) < 4.78 is 4.62. The van der Waals surface area contributed by atoms with Gasteiger partial charge in [-0.3, -0.25) is 4.79 Å². The monoisotopic (exact) mass is 346 g/mol. The fraction of sp³-hybridized carbons (Fsp3) is 0.467. The van der Waals surface area contributed by atoms with Gasteiger partial charge in [-0.25, -0.2) is 4.79 Å². The molecule has 1 aliphatic rings. The molecular formula is C15H20Cl2N2O3. The summed E-state index contributed by atoms with van der Waals surface area (Å²) >= 11 is 6.01. The third-order valence-corrected chi connectivity index (χ3v) is 3.91. The lowest BCUT2D eigenvalue weighted by Gasteiger charge is -2.10. The molecule has 2 rings (SSSR count). The van der Waals surface area contributed by atoms with E-state index in [1.165, 1.54) is 7.11 Å². The van der Waals surface area contributed by atoms with Gasteiger partial charge in [-0.2, -0.15) is 0 Å². The summed E-state index contributed by atoms with van der Waals surface area (Å²) in [5, 5.41) is 6.34. The van der Waals surface area contributed by atoms with Gasteiger partial charge in [0.15, 0.2) is 0 Å². The van der Waals surface area contributed by atoms with Gasteiger partial charge in [-0.1, -0.05) is 11.6 Å². The van der Waals surface area contributed by atoms with Crippen LogP contribution >= 0.6 is 24.0 Å². The Kier molecular flexibility index (Phi) is 7.65. The van der Waals surface area contributed by atoms with Gasteiger partial charge in [0, 0.05) is 12.1 Å². The Morgan fingerprint density at radius 3 is 2.82 bits per heavy atom. The van der Waals surface area contributed by atoms with Crippen LogP contribution in [-0.4, -0.2) is 32.1 Å². The fourth-order valence-electron chi connectivity index (χ4n) is 2.39. The molecule has 0 radical (unpaired) electrons. The molecular weight excluding hydrogens is 327 g/mol. The number of carbonyl (C=O) groups is 2. The molecule has 1 heterocycles. The van der Waals surface area contributed by atoms with Crippen LogP contribution in [0, 0.1) is 5.92 Å². The quantitative estimate of drug-likeness (QED) is 0.804. The molecule has 1 aliphatic heterocycles. The van der Waals surface area contributed by atoms with Crippen molar-refractivity contribution in [1.29, 1.82) is 0 Å². The Balaban J connectivity index is 0.00000242. The molecule has 0 aromatic heterocycles. The molecule has 0 saturated carbocycles. The van der Waals surface area contributed by atoms with Crippen molar-refractivity contribution < 1.29 is 14.3 Å². The molecule has 7 heteroatoms. The zero-order valence-corrected chi connectivity index (χ0v) is 13.9. The first kappa shape index (κ1) is 18.7. The first-order valence-corrected chi connectivity index (χ1v) is 7.36. The molecule has 2 N–H and O–H groups in total. The smallest absolute Gasteiger partial charge is 0.339 e. The van der Waals surface area contributed by atoms with E-state index in [9.17, 15) is 9.59 Å². The number of hydrogen-bond acceptors (Lipinski definition) is 4. The van der Waals surface area contributed by atoms with Gasteiger partial charge in [-0.05, 0) is 50.0 Å². The van der Waals surface area contributed by atoms with Gasteiger partial charge in [0.05, 0.1) is 17.7 Å². The molecule has 1 atom stereocenters. The first-order valence-electron chi connectivity index (χ1n) is 6.98. The minimum atomic E-state index is -0.494. The Bertz CT molecular complexity index is 532. The maximum absolute atomic E-state index is 11.9. The molecule has 5 nitrogen and oxygen atoms in total. The highest BCUT2D eigenvalue weighted by Gasteiger charge is 2.16. The minimum Gasteiger partial charge on any atom is -0.465 e. The zero-order chi connectivity index (χ0) is 15.2. The number of ether oxygens (including phenoxy) is 1. The highest BCUT2D eigenvalue weighted by Crippen LogP contribution is 2.22. The summed E-state index contributed by atoms with van der Waals surface area (Å²) in [6.45, 7) is 2.03. The lowest BCUT2D eigenvalue weighted by Crippen LogP contribution is -2.15. The highest BCUT2D eigenvalue weighted by atomic mass is 35.5. The second-order valence-corrected chi connectivity index (χ2v) is 5.54. The van der Waals surface area contributed by atoms with Gasteiger partial charge >= 0.3 is 5.97 Å². The van der Waals surface area contributed by atoms with E-state index in [-0.39, 0.29) is 28.9 Å². The summed E-state index contributed by atoms with van der Waals surface area (Å²) in [6.07, 6.45) is 2.50. The molecule has 0 bridgehead atoms. The third kappa shape index (κ3) is 5.16. The van der Waals surface area contributed by atoms with Crippen molar-refractivity contribution in [3.8, 4) is 0 Å². The van der Waals surface area contributed by atoms with Crippen LogP contribution in [0.3, 0.4) is 0 Å². The molecule has 22 heavy (non-hydrogen) atoms. The number of anilines is 1. The standard InChI is InChI=1S/C15H19ClN2O3.ClH/c1-21-15(20)12-4-3-11(8-13(12)16)18-14(19)5-2-10-6-7-17-9-10;/h3-4,8,10,17H,2,5-7,9H2,1H3,(H,18,19);1H. The largest absolute Gasteiger partial charge is 0.465 e. The molecule has 1 amide bonds. The minimum absolute atomic E-state index is 0. The van der Waals surface area contributed by atoms with E-state index >= 15 is 0 Å². The summed E-state index contributed by atoms with van der Waals surface area (Å²) in [5.74, 6) is 0.0523. The lowest BCUT2D eigenvalue weighted by molar-refractivity contribution is -0.116. The number of carbonyl (C=O) groups excluding carboxylic acids is 2. The van der Waals surface area contributed by atoms with E-state index < -0.39 is 5.97 Å². The number of methoxy groups -OCH3 is 1. The maximum Gasteiger partial charge on any atom is 0.339 e. The van der Waals surface area contributed by atoms with Crippen LogP contribution in [-0.2, 0) is 9.53 Å². The molecule has 1 unspecified atom stereocenters. The van der Waals surface area contributed by atoms with Crippen LogP contribution in [0.1, 0.15) is 29.6 Å². The van der Waals surface area contributed by atoms with Crippen molar-refractivity contribution in [1.82, 2.24) is 5.32 Å². The summed E-state index contributed by atoms with van der Waals surface area (Å²) in [5.41, 5.74) is 0.872. The van der Waals surface area contributed by atoms with Crippen LogP contribution in [0.2, 0.25) is 5.02 Å². The predicted octanol–water partition coefficient (Wildman–Crippen LogP) is 2.88. The van der Waals surface area contributed by atoms with E-state index in [0.717, 1.165) is 25.9 Å². The number of esters is 1. The number of halogens is 2. The molecule has 1 aromatic rings. The number of hydrogen-bond donors (Lipinski definition) is 2. The lowest BCUT2D eigenvalue weighted by atomic mass is 10.0. The van der Waals surface area contributed by atoms with Gasteiger partial charge in [0.2, 0.25) is 5.91 Å². The van der Waals surface area contributed by atoms with E-state index in [1.807, 2.05) is 0 Å². The summed E-state index contributed by atoms with van der Waals surface area (Å²) in [6, 6.07) is 4.75. The Hall–Kier alpha value is -1.30. The maximum atomic E-state index is 11.9. The van der Waals surface area contributed by atoms with Crippen LogP contribution in [0.4, 0.5) is 5.69 Å². The van der Waals surface area contributed by atoms with E-state index in [2.05, 4.69) is 15.4 Å². The van der Waals surface area contributed by atoms with Gasteiger partial charge in [0.25, 0.3) is 0 Å². The first-order chi connectivity index (χ1) is 10.1. The molecule has 1 aromatic carbocycles. The van der Waals surface area contributed by atoms with Crippen molar-refractivity contribution in [2.75, 3.05) is 25.5 Å². The molecule has 1 fully saturated rings. The van der Waals surface area contributed by atoms with Crippen LogP contribution in [0.5, 0.6) is 0 Å². The predicted molar refractivity (Wildman–Crippen MR) is 88.9 cm³/mol. The third-order valence-electron chi connectivity index (χ3n) is 3.60. The van der Waals surface area contributed by atoms with Crippen molar-refractivity contribution in [3.63, 3.8) is 0 Å². The van der Waals surface area contributed by atoms with Crippen molar-refractivity contribution in [2.45, 2.75) is 19.3 Å². The summed E-state index contributed by atoms with van der Waals surface area (Å²) in [7, 11) is 1.30. The van der Waals surface area contributed by atoms with Gasteiger partial charge in [0.1, 0.15) is 0 Å². The number of benzene rings is 1. The summed E-state index contributed by atoms with van der Waals surface area (Å²) in [4.78, 5) is 23.3. The SMILES string of the molecule is COC(=O)c1ccc(NC(=O)CCC2CCNC2)cc1Cl.Cl. The number of rotatable bonds is 5. The van der Waals surface area contributed by atoms with Crippen molar-refractivity contribution in [3.05, 3.63) is 28.8 Å².